The molecule has 0 heterocycles. The maximum absolute atomic E-state index is 6.12. The Morgan fingerprint density at radius 2 is 1.68 bits per heavy atom. The van der Waals surface area contributed by atoms with Crippen LogP contribution in [-0.2, 0) is 0 Å². The van der Waals surface area contributed by atoms with Crippen molar-refractivity contribution in [1.82, 2.24) is 0 Å². The fourth-order valence-corrected chi connectivity index (χ4v) is 2.19. The van der Waals surface area contributed by atoms with Crippen LogP contribution in [0, 0.1) is 0 Å². The Kier molecular flexibility index (Phi) is 7.49. The van der Waals surface area contributed by atoms with Crippen molar-refractivity contribution in [3.63, 3.8) is 0 Å². The van der Waals surface area contributed by atoms with Gasteiger partial charge in [-0.15, -0.1) is 0 Å². The van der Waals surface area contributed by atoms with Crippen LogP contribution in [0.4, 0.5) is 5.69 Å². The summed E-state index contributed by atoms with van der Waals surface area (Å²) in [5.41, 5.74) is 0.920. The Morgan fingerprint density at radius 3 is 2.32 bits per heavy atom. The van der Waals surface area contributed by atoms with Crippen molar-refractivity contribution < 1.29 is 9.47 Å². The van der Waals surface area contributed by atoms with Crippen LogP contribution in [-0.4, -0.2) is 20.8 Å². The van der Waals surface area contributed by atoms with Gasteiger partial charge in [0.1, 0.15) is 11.5 Å². The lowest BCUT2D eigenvalue weighted by Gasteiger charge is -2.13. The van der Waals surface area contributed by atoms with Crippen molar-refractivity contribution in [2.75, 3.05) is 26.1 Å². The zero-order chi connectivity index (χ0) is 14.1. The lowest BCUT2D eigenvalue weighted by Crippen LogP contribution is -2.03. The van der Waals surface area contributed by atoms with E-state index in [1.54, 1.807) is 14.2 Å². The van der Waals surface area contributed by atoms with Gasteiger partial charge < -0.3 is 14.8 Å². The summed E-state index contributed by atoms with van der Waals surface area (Å²) in [6.45, 7) is 3.16. The summed E-state index contributed by atoms with van der Waals surface area (Å²) < 4.78 is 10.5. The third-order valence-corrected chi connectivity index (χ3v) is 3.37. The van der Waals surface area contributed by atoms with Gasteiger partial charge in [0.05, 0.1) is 24.9 Å². The van der Waals surface area contributed by atoms with Gasteiger partial charge in [-0.2, -0.15) is 0 Å². The van der Waals surface area contributed by atoms with E-state index in [1.807, 2.05) is 12.1 Å². The SMILES string of the molecule is CCCCCCCNc1cc(Cl)c(OC)cc1OC. The van der Waals surface area contributed by atoms with Crippen molar-refractivity contribution in [3.05, 3.63) is 17.2 Å². The number of halogens is 1. The highest BCUT2D eigenvalue weighted by Gasteiger charge is 2.09. The summed E-state index contributed by atoms with van der Waals surface area (Å²) >= 11 is 6.12. The summed E-state index contributed by atoms with van der Waals surface area (Å²) in [5, 5.41) is 3.96. The number of nitrogens with one attached hydrogen (secondary N) is 1. The predicted octanol–water partition coefficient (Wildman–Crippen LogP) is 4.74. The van der Waals surface area contributed by atoms with Crippen molar-refractivity contribution in [1.29, 1.82) is 0 Å². The van der Waals surface area contributed by atoms with Crippen LogP contribution in [0.15, 0.2) is 12.1 Å². The molecule has 1 aromatic carbocycles. The van der Waals surface area contributed by atoms with Crippen molar-refractivity contribution in [3.8, 4) is 11.5 Å². The van der Waals surface area contributed by atoms with Gasteiger partial charge in [-0.25, -0.2) is 0 Å². The zero-order valence-electron chi connectivity index (χ0n) is 12.1. The van der Waals surface area contributed by atoms with E-state index in [4.69, 9.17) is 21.1 Å². The van der Waals surface area contributed by atoms with E-state index in [0.717, 1.165) is 24.4 Å². The van der Waals surface area contributed by atoms with Gasteiger partial charge in [0.25, 0.3) is 0 Å². The second-order valence-corrected chi connectivity index (χ2v) is 4.94. The number of methoxy groups -OCH3 is 2. The van der Waals surface area contributed by atoms with Crippen LogP contribution in [0.2, 0.25) is 5.02 Å². The van der Waals surface area contributed by atoms with Gasteiger partial charge in [0.15, 0.2) is 0 Å². The number of benzene rings is 1. The van der Waals surface area contributed by atoms with Crippen LogP contribution in [0.25, 0.3) is 0 Å². The summed E-state index contributed by atoms with van der Waals surface area (Å²) in [6.07, 6.45) is 6.31. The van der Waals surface area contributed by atoms with Gasteiger partial charge in [-0.3, -0.25) is 0 Å². The van der Waals surface area contributed by atoms with Crippen LogP contribution >= 0.6 is 11.6 Å². The molecule has 0 radical (unpaired) electrons. The molecule has 0 atom stereocenters. The normalized spacial score (nSPS) is 10.3. The topological polar surface area (TPSA) is 30.5 Å². The molecule has 0 bridgehead atoms. The largest absolute Gasteiger partial charge is 0.495 e. The summed E-state index contributed by atoms with van der Waals surface area (Å²) in [4.78, 5) is 0. The molecule has 0 aliphatic rings. The molecule has 0 aromatic heterocycles. The highest BCUT2D eigenvalue weighted by atomic mass is 35.5. The van der Waals surface area contributed by atoms with E-state index in [9.17, 15) is 0 Å². The van der Waals surface area contributed by atoms with Crippen LogP contribution in [0.5, 0.6) is 11.5 Å². The highest BCUT2D eigenvalue weighted by Crippen LogP contribution is 2.35. The first-order chi connectivity index (χ1) is 9.22. The molecule has 4 heteroatoms. The third-order valence-electron chi connectivity index (χ3n) is 3.07. The summed E-state index contributed by atoms with van der Waals surface area (Å²) in [7, 11) is 3.25. The Hall–Kier alpha value is -1.09. The van der Waals surface area contributed by atoms with Crippen LogP contribution in [0.1, 0.15) is 39.0 Å². The quantitative estimate of drug-likeness (QED) is 0.665. The molecule has 0 aliphatic heterocycles. The first kappa shape index (κ1) is 16.0. The number of hydrogen-bond acceptors (Lipinski definition) is 3. The number of rotatable bonds is 9. The number of unbranched alkanes of at least 4 members (excludes halogenated alkanes) is 4. The first-order valence-electron chi connectivity index (χ1n) is 6.88. The standard InChI is InChI=1S/C15H24ClNO2/c1-4-5-6-7-8-9-17-13-10-12(16)14(18-2)11-15(13)19-3/h10-11,17H,4-9H2,1-3H3. The minimum atomic E-state index is 0.594. The molecule has 0 aliphatic carbocycles. The fourth-order valence-electron chi connectivity index (χ4n) is 1.95. The van der Waals surface area contributed by atoms with Gasteiger partial charge in [-0.1, -0.05) is 44.2 Å². The van der Waals surface area contributed by atoms with Crippen molar-refractivity contribution in [2.24, 2.45) is 0 Å². The molecule has 0 spiro atoms. The lowest BCUT2D eigenvalue weighted by molar-refractivity contribution is 0.395. The molecule has 0 saturated heterocycles. The van der Waals surface area contributed by atoms with Gasteiger partial charge in [-0.05, 0) is 12.5 Å². The Labute approximate surface area is 121 Å². The van der Waals surface area contributed by atoms with Crippen LogP contribution < -0.4 is 14.8 Å². The molecule has 0 unspecified atom stereocenters. The predicted molar refractivity (Wildman–Crippen MR) is 81.8 cm³/mol. The number of anilines is 1. The average molecular weight is 286 g/mol. The second kappa shape index (κ2) is 8.92. The Balaban J connectivity index is 2.50. The summed E-state index contributed by atoms with van der Waals surface area (Å²) in [6, 6.07) is 3.66. The molecular formula is C15H24ClNO2. The average Bonchev–Trinajstić information content (AvgIpc) is 2.43. The molecule has 108 valence electrons. The Bertz CT molecular complexity index is 383. The zero-order valence-corrected chi connectivity index (χ0v) is 12.8. The lowest BCUT2D eigenvalue weighted by atomic mass is 10.1. The van der Waals surface area contributed by atoms with Crippen molar-refractivity contribution in [2.45, 2.75) is 39.0 Å². The minimum Gasteiger partial charge on any atom is -0.495 e. The van der Waals surface area contributed by atoms with E-state index in [1.165, 1.54) is 25.7 Å². The maximum Gasteiger partial charge on any atom is 0.145 e. The molecule has 0 amide bonds. The van der Waals surface area contributed by atoms with Gasteiger partial charge in [0.2, 0.25) is 0 Å². The maximum atomic E-state index is 6.12. The Morgan fingerprint density at radius 1 is 1.00 bits per heavy atom. The summed E-state index contributed by atoms with van der Waals surface area (Å²) in [5.74, 6) is 1.39. The van der Waals surface area contributed by atoms with E-state index in [-0.39, 0.29) is 0 Å². The smallest absolute Gasteiger partial charge is 0.145 e. The third kappa shape index (κ3) is 5.19. The van der Waals surface area contributed by atoms with Gasteiger partial charge in [0, 0.05) is 12.6 Å². The fraction of sp³-hybridized carbons (Fsp3) is 0.600. The number of ether oxygens (including phenoxy) is 2. The minimum absolute atomic E-state index is 0.594. The van der Waals surface area contributed by atoms with E-state index < -0.39 is 0 Å². The van der Waals surface area contributed by atoms with Crippen molar-refractivity contribution >= 4 is 17.3 Å². The molecule has 1 aromatic rings. The first-order valence-corrected chi connectivity index (χ1v) is 7.26. The monoisotopic (exact) mass is 285 g/mol. The van der Waals surface area contributed by atoms with E-state index in [0.29, 0.717) is 10.8 Å². The highest BCUT2D eigenvalue weighted by molar-refractivity contribution is 6.32. The van der Waals surface area contributed by atoms with Gasteiger partial charge >= 0.3 is 0 Å². The van der Waals surface area contributed by atoms with Crippen LogP contribution in [0.3, 0.4) is 0 Å². The molecular weight excluding hydrogens is 262 g/mol. The number of hydrogen-bond donors (Lipinski definition) is 1. The molecule has 0 fully saturated rings. The molecule has 1 rings (SSSR count). The molecule has 1 N–H and O–H groups in total. The molecule has 19 heavy (non-hydrogen) atoms. The molecule has 0 saturated carbocycles. The molecule has 3 nitrogen and oxygen atoms in total. The second-order valence-electron chi connectivity index (χ2n) is 4.53. The van der Waals surface area contributed by atoms with E-state index >= 15 is 0 Å². The van der Waals surface area contributed by atoms with E-state index in [2.05, 4.69) is 12.2 Å².